The van der Waals surface area contributed by atoms with Crippen molar-refractivity contribution in [2.24, 2.45) is 0 Å². The largest absolute Gasteiger partial charge is 0.382 e. The summed E-state index contributed by atoms with van der Waals surface area (Å²) in [5, 5.41) is 7.26. The predicted molar refractivity (Wildman–Crippen MR) is 98.0 cm³/mol. The highest BCUT2D eigenvalue weighted by Gasteiger charge is 2.14. The summed E-state index contributed by atoms with van der Waals surface area (Å²) in [5.74, 6) is -0.149. The molecule has 1 fully saturated rings. The number of hydrogen-bond acceptors (Lipinski definition) is 4. The van der Waals surface area contributed by atoms with E-state index in [0.29, 0.717) is 17.3 Å². The highest BCUT2D eigenvalue weighted by molar-refractivity contribution is 6.12. The number of carbonyl (C=O) groups is 1. The Balaban J connectivity index is 1.43. The van der Waals surface area contributed by atoms with Gasteiger partial charge in [-0.1, -0.05) is 0 Å². The van der Waals surface area contributed by atoms with Gasteiger partial charge in [-0.2, -0.15) is 0 Å². The maximum atomic E-state index is 12.5. The maximum absolute atomic E-state index is 12.5. The predicted octanol–water partition coefficient (Wildman–Crippen LogP) is 3.41. The summed E-state index contributed by atoms with van der Waals surface area (Å²) in [4.78, 5) is 19.7. The van der Waals surface area contributed by atoms with Crippen LogP contribution in [0.3, 0.4) is 0 Å². The number of nitrogens with one attached hydrogen (secondary N) is 3. The van der Waals surface area contributed by atoms with Gasteiger partial charge in [-0.05, 0) is 49.2 Å². The van der Waals surface area contributed by atoms with Crippen LogP contribution in [0.2, 0.25) is 0 Å². The zero-order valence-corrected chi connectivity index (χ0v) is 13.8. The zero-order valence-electron chi connectivity index (χ0n) is 13.8. The fourth-order valence-electron chi connectivity index (χ4n) is 3.07. The minimum atomic E-state index is -0.149. The number of anilines is 2. The van der Waals surface area contributed by atoms with Crippen LogP contribution in [-0.4, -0.2) is 35.1 Å². The van der Waals surface area contributed by atoms with E-state index in [0.717, 1.165) is 42.8 Å². The van der Waals surface area contributed by atoms with Crippen molar-refractivity contribution in [3.63, 3.8) is 0 Å². The van der Waals surface area contributed by atoms with E-state index >= 15 is 0 Å². The molecule has 4 rings (SSSR count). The van der Waals surface area contributed by atoms with Crippen LogP contribution < -0.4 is 10.6 Å². The van der Waals surface area contributed by atoms with Crippen molar-refractivity contribution in [3.05, 3.63) is 54.4 Å². The first-order chi connectivity index (χ1) is 12.3. The Morgan fingerprint density at radius 2 is 1.88 bits per heavy atom. The van der Waals surface area contributed by atoms with Crippen molar-refractivity contribution in [2.75, 3.05) is 23.8 Å². The first kappa shape index (κ1) is 15.7. The smallest absolute Gasteiger partial charge is 0.257 e. The molecule has 3 heterocycles. The van der Waals surface area contributed by atoms with Crippen LogP contribution in [0.1, 0.15) is 23.2 Å². The van der Waals surface area contributed by atoms with E-state index in [2.05, 4.69) is 20.6 Å². The maximum Gasteiger partial charge on any atom is 0.257 e. The Morgan fingerprint density at radius 1 is 1.12 bits per heavy atom. The van der Waals surface area contributed by atoms with Gasteiger partial charge < -0.3 is 20.4 Å². The number of fused-ring (bicyclic) bond motifs is 1. The number of aromatic nitrogens is 2. The number of rotatable bonds is 4. The Hall–Kier alpha value is -2.86. The highest BCUT2D eigenvalue weighted by atomic mass is 16.5. The van der Waals surface area contributed by atoms with Gasteiger partial charge in [0.05, 0.1) is 5.56 Å². The summed E-state index contributed by atoms with van der Waals surface area (Å²) < 4.78 is 5.37. The van der Waals surface area contributed by atoms with Gasteiger partial charge in [0.25, 0.3) is 5.91 Å². The zero-order chi connectivity index (χ0) is 17.1. The molecule has 1 saturated heterocycles. The Kier molecular flexibility index (Phi) is 4.35. The number of ether oxygens (including phenoxy) is 1. The lowest BCUT2D eigenvalue weighted by Gasteiger charge is -2.24. The molecule has 1 amide bonds. The SMILES string of the molecule is O=C(Nc1ccc(NC2CCOCC2)cc1)c1c[nH]c2ncccc12. The number of H-pyrrole nitrogens is 1. The second kappa shape index (κ2) is 6.94. The molecule has 2 aromatic heterocycles. The van der Waals surface area contributed by atoms with Gasteiger partial charge in [0.2, 0.25) is 0 Å². The van der Waals surface area contributed by atoms with Crippen LogP contribution in [0, 0.1) is 0 Å². The standard InChI is InChI=1S/C19H20N4O2/c24-19(17-12-21-18-16(17)2-1-9-20-18)23-14-5-3-13(4-6-14)22-15-7-10-25-11-8-15/h1-6,9,12,15,22H,7-8,10-11H2,(H,20,21)(H,23,24). The molecule has 25 heavy (non-hydrogen) atoms. The first-order valence-corrected chi connectivity index (χ1v) is 8.47. The summed E-state index contributed by atoms with van der Waals surface area (Å²) in [6.07, 6.45) is 5.43. The summed E-state index contributed by atoms with van der Waals surface area (Å²) in [5.41, 5.74) is 3.12. The van der Waals surface area contributed by atoms with Crippen LogP contribution in [0.5, 0.6) is 0 Å². The van der Waals surface area contributed by atoms with E-state index < -0.39 is 0 Å². The molecule has 0 radical (unpaired) electrons. The van der Waals surface area contributed by atoms with Crippen molar-refractivity contribution < 1.29 is 9.53 Å². The van der Waals surface area contributed by atoms with Crippen molar-refractivity contribution in [1.29, 1.82) is 0 Å². The Morgan fingerprint density at radius 3 is 2.68 bits per heavy atom. The quantitative estimate of drug-likeness (QED) is 0.682. The van der Waals surface area contributed by atoms with Crippen LogP contribution in [0.4, 0.5) is 11.4 Å². The van der Waals surface area contributed by atoms with E-state index in [9.17, 15) is 4.79 Å². The topological polar surface area (TPSA) is 79.0 Å². The highest BCUT2D eigenvalue weighted by Crippen LogP contribution is 2.20. The number of aromatic amines is 1. The molecule has 1 aliphatic heterocycles. The van der Waals surface area contributed by atoms with E-state index in [-0.39, 0.29) is 5.91 Å². The van der Waals surface area contributed by atoms with Crippen LogP contribution in [0.15, 0.2) is 48.8 Å². The molecule has 1 aromatic carbocycles. The molecule has 0 atom stereocenters. The van der Waals surface area contributed by atoms with Gasteiger partial charge in [-0.3, -0.25) is 4.79 Å². The Labute approximate surface area is 145 Å². The molecule has 0 saturated carbocycles. The summed E-state index contributed by atoms with van der Waals surface area (Å²) in [6.45, 7) is 1.62. The van der Waals surface area contributed by atoms with Gasteiger partial charge in [-0.25, -0.2) is 4.98 Å². The monoisotopic (exact) mass is 336 g/mol. The van der Waals surface area contributed by atoms with E-state index in [1.54, 1.807) is 12.4 Å². The second-order valence-corrected chi connectivity index (χ2v) is 6.16. The van der Waals surface area contributed by atoms with Crippen LogP contribution in [0.25, 0.3) is 11.0 Å². The van der Waals surface area contributed by atoms with Crippen molar-refractivity contribution in [2.45, 2.75) is 18.9 Å². The lowest BCUT2D eigenvalue weighted by molar-refractivity contribution is 0.0904. The minimum Gasteiger partial charge on any atom is -0.382 e. The molecule has 1 aliphatic rings. The molecule has 6 nitrogen and oxygen atoms in total. The third kappa shape index (κ3) is 3.49. The average Bonchev–Trinajstić information content (AvgIpc) is 3.08. The van der Waals surface area contributed by atoms with E-state index in [4.69, 9.17) is 4.74 Å². The molecule has 3 N–H and O–H groups in total. The fraction of sp³-hybridized carbons (Fsp3) is 0.263. The number of benzene rings is 1. The number of pyridine rings is 1. The fourth-order valence-corrected chi connectivity index (χ4v) is 3.07. The molecule has 0 aliphatic carbocycles. The molecule has 3 aromatic rings. The molecular formula is C19H20N4O2. The van der Waals surface area contributed by atoms with Crippen LogP contribution in [-0.2, 0) is 4.74 Å². The van der Waals surface area contributed by atoms with E-state index in [1.807, 2.05) is 36.4 Å². The van der Waals surface area contributed by atoms with Crippen molar-refractivity contribution in [1.82, 2.24) is 9.97 Å². The number of carbonyl (C=O) groups excluding carboxylic acids is 1. The lowest BCUT2D eigenvalue weighted by Crippen LogP contribution is -2.27. The lowest BCUT2D eigenvalue weighted by atomic mass is 10.1. The average molecular weight is 336 g/mol. The van der Waals surface area contributed by atoms with Gasteiger partial charge in [0, 0.05) is 48.4 Å². The minimum absolute atomic E-state index is 0.149. The van der Waals surface area contributed by atoms with E-state index in [1.165, 1.54) is 0 Å². The van der Waals surface area contributed by atoms with Gasteiger partial charge in [-0.15, -0.1) is 0 Å². The van der Waals surface area contributed by atoms with Crippen molar-refractivity contribution >= 4 is 28.3 Å². The molecular weight excluding hydrogens is 316 g/mol. The first-order valence-electron chi connectivity index (χ1n) is 8.47. The number of nitrogens with zero attached hydrogens (tertiary/aromatic N) is 1. The third-order valence-corrected chi connectivity index (χ3v) is 4.43. The second-order valence-electron chi connectivity index (χ2n) is 6.16. The van der Waals surface area contributed by atoms with Crippen LogP contribution >= 0.6 is 0 Å². The molecule has 0 unspecified atom stereocenters. The molecule has 0 bridgehead atoms. The summed E-state index contributed by atoms with van der Waals surface area (Å²) in [6, 6.07) is 12.0. The summed E-state index contributed by atoms with van der Waals surface area (Å²) in [7, 11) is 0. The van der Waals surface area contributed by atoms with Gasteiger partial charge >= 0.3 is 0 Å². The molecule has 0 spiro atoms. The Bertz CT molecular complexity index is 867. The number of hydrogen-bond donors (Lipinski definition) is 3. The van der Waals surface area contributed by atoms with Crippen molar-refractivity contribution in [3.8, 4) is 0 Å². The van der Waals surface area contributed by atoms with Gasteiger partial charge in [0.15, 0.2) is 0 Å². The third-order valence-electron chi connectivity index (χ3n) is 4.43. The molecule has 128 valence electrons. The summed E-state index contributed by atoms with van der Waals surface area (Å²) >= 11 is 0. The normalized spacial score (nSPS) is 15.2. The number of amides is 1. The molecule has 6 heteroatoms. The van der Waals surface area contributed by atoms with Gasteiger partial charge in [0.1, 0.15) is 5.65 Å².